The van der Waals surface area contributed by atoms with Gasteiger partial charge in [-0.1, -0.05) is 20.8 Å². The molecule has 0 aliphatic heterocycles. The molecule has 158 valence electrons. The van der Waals surface area contributed by atoms with Gasteiger partial charge in [-0.3, -0.25) is 14.2 Å². The van der Waals surface area contributed by atoms with Gasteiger partial charge in [0.15, 0.2) is 23.2 Å². The van der Waals surface area contributed by atoms with Gasteiger partial charge in [-0.05, 0) is 42.2 Å². The highest BCUT2D eigenvalue weighted by Crippen LogP contribution is 2.43. The molecule has 8 heteroatoms. The van der Waals surface area contributed by atoms with E-state index in [1.807, 2.05) is 0 Å². The largest absolute Gasteiger partial charge is 0.505 e. The summed E-state index contributed by atoms with van der Waals surface area (Å²) in [7, 11) is 0. The summed E-state index contributed by atoms with van der Waals surface area (Å²) in [5, 5.41) is 19.9. The van der Waals surface area contributed by atoms with E-state index < -0.39 is 46.4 Å². The molecule has 0 spiro atoms. The maximum Gasteiger partial charge on any atom is 0.311 e. The SMILES string of the molecule is Cc1c(C(C(=O)O)C(C)(C)C)c2cc(O)c(F)cc2n1C(=O)c1ccc(F)c(F)c1. The molecular weight excluding hydrogens is 399 g/mol. The minimum absolute atomic E-state index is 0.0167. The van der Waals surface area contributed by atoms with Gasteiger partial charge >= 0.3 is 5.97 Å². The number of nitrogens with zero attached hydrogens (tertiary/aromatic N) is 1. The smallest absolute Gasteiger partial charge is 0.311 e. The van der Waals surface area contributed by atoms with Gasteiger partial charge in [-0.15, -0.1) is 0 Å². The first kappa shape index (κ1) is 21.4. The van der Waals surface area contributed by atoms with Crippen molar-refractivity contribution in [1.82, 2.24) is 4.57 Å². The number of hydrogen-bond acceptors (Lipinski definition) is 3. The fraction of sp³-hybridized carbons (Fsp3) is 0.273. The summed E-state index contributed by atoms with van der Waals surface area (Å²) in [6.45, 7) is 6.60. The quantitative estimate of drug-likeness (QED) is 0.628. The predicted octanol–water partition coefficient (Wildman–Crippen LogP) is 4.98. The second kappa shape index (κ2) is 7.19. The summed E-state index contributed by atoms with van der Waals surface area (Å²) < 4.78 is 42.2. The second-order valence-corrected chi connectivity index (χ2v) is 8.23. The van der Waals surface area contributed by atoms with E-state index >= 15 is 0 Å². The number of carbonyl (C=O) groups excluding carboxylic acids is 1. The van der Waals surface area contributed by atoms with Crippen LogP contribution in [0.4, 0.5) is 13.2 Å². The van der Waals surface area contributed by atoms with Gasteiger partial charge in [0.05, 0.1) is 11.4 Å². The van der Waals surface area contributed by atoms with Crippen molar-refractivity contribution in [3.05, 3.63) is 64.6 Å². The van der Waals surface area contributed by atoms with E-state index in [4.69, 9.17) is 0 Å². The lowest BCUT2D eigenvalue weighted by Crippen LogP contribution is -2.27. The number of aromatic hydroxyl groups is 1. The number of phenols is 1. The van der Waals surface area contributed by atoms with Crippen LogP contribution in [0.2, 0.25) is 0 Å². The third kappa shape index (κ3) is 3.42. The van der Waals surface area contributed by atoms with Crippen molar-refractivity contribution in [1.29, 1.82) is 0 Å². The lowest BCUT2D eigenvalue weighted by Gasteiger charge is -2.27. The summed E-state index contributed by atoms with van der Waals surface area (Å²) >= 11 is 0. The third-order valence-electron chi connectivity index (χ3n) is 5.09. The number of carboxylic acid groups (broad SMARTS) is 1. The lowest BCUT2D eigenvalue weighted by molar-refractivity contribution is -0.141. The van der Waals surface area contributed by atoms with Crippen molar-refractivity contribution >= 4 is 22.8 Å². The summed E-state index contributed by atoms with van der Waals surface area (Å²) in [4.78, 5) is 25.2. The Bertz CT molecular complexity index is 1190. The van der Waals surface area contributed by atoms with Crippen LogP contribution in [-0.4, -0.2) is 26.7 Å². The van der Waals surface area contributed by atoms with Crippen molar-refractivity contribution in [2.45, 2.75) is 33.6 Å². The molecule has 1 atom stereocenters. The fourth-order valence-electron chi connectivity index (χ4n) is 3.76. The van der Waals surface area contributed by atoms with E-state index in [1.165, 1.54) is 6.92 Å². The molecule has 0 aliphatic carbocycles. The van der Waals surface area contributed by atoms with E-state index in [9.17, 15) is 33.0 Å². The maximum absolute atomic E-state index is 14.1. The first-order valence-corrected chi connectivity index (χ1v) is 9.10. The highest BCUT2D eigenvalue weighted by Gasteiger charge is 2.38. The summed E-state index contributed by atoms with van der Waals surface area (Å²) in [5.41, 5.74) is -0.534. The molecule has 1 unspecified atom stereocenters. The van der Waals surface area contributed by atoms with Gasteiger partial charge in [0.25, 0.3) is 5.91 Å². The fourth-order valence-corrected chi connectivity index (χ4v) is 3.76. The molecule has 0 amide bonds. The molecule has 0 fully saturated rings. The molecule has 1 aromatic heterocycles. The number of hydrogen-bond donors (Lipinski definition) is 2. The zero-order valence-electron chi connectivity index (χ0n) is 16.8. The summed E-state index contributed by atoms with van der Waals surface area (Å²) in [6.07, 6.45) is 0. The molecule has 30 heavy (non-hydrogen) atoms. The molecule has 5 nitrogen and oxygen atoms in total. The normalized spacial score (nSPS) is 12.9. The van der Waals surface area contributed by atoms with Crippen LogP contribution in [0.5, 0.6) is 5.75 Å². The molecule has 3 rings (SSSR count). The van der Waals surface area contributed by atoms with Crippen LogP contribution in [-0.2, 0) is 4.79 Å². The Morgan fingerprint density at radius 2 is 1.63 bits per heavy atom. The van der Waals surface area contributed by atoms with Crippen LogP contribution < -0.4 is 0 Å². The van der Waals surface area contributed by atoms with Gasteiger partial charge in [0.1, 0.15) is 0 Å². The number of carboxylic acids is 1. The second-order valence-electron chi connectivity index (χ2n) is 8.23. The van der Waals surface area contributed by atoms with Crippen LogP contribution >= 0.6 is 0 Å². The van der Waals surface area contributed by atoms with Gasteiger partial charge in [0.2, 0.25) is 0 Å². The number of aliphatic carboxylic acids is 1. The summed E-state index contributed by atoms with van der Waals surface area (Å²) in [6, 6.07) is 4.59. The van der Waals surface area contributed by atoms with E-state index in [0.717, 1.165) is 34.9 Å². The minimum atomic E-state index is -1.22. The van der Waals surface area contributed by atoms with Gasteiger partial charge in [0, 0.05) is 22.7 Å². The monoisotopic (exact) mass is 419 g/mol. The third-order valence-corrected chi connectivity index (χ3v) is 5.09. The lowest BCUT2D eigenvalue weighted by atomic mass is 9.75. The molecule has 0 saturated carbocycles. The van der Waals surface area contributed by atoms with Gasteiger partial charge < -0.3 is 10.2 Å². The van der Waals surface area contributed by atoms with Crippen molar-refractivity contribution in [3.8, 4) is 5.75 Å². The number of benzene rings is 2. The molecule has 0 radical (unpaired) electrons. The van der Waals surface area contributed by atoms with E-state index in [-0.39, 0.29) is 27.7 Å². The Balaban J connectivity index is 2.39. The molecule has 0 bridgehead atoms. The van der Waals surface area contributed by atoms with Crippen LogP contribution in [0.15, 0.2) is 30.3 Å². The van der Waals surface area contributed by atoms with Crippen molar-refractivity contribution in [3.63, 3.8) is 0 Å². The Hall–Kier alpha value is -3.29. The molecule has 2 N–H and O–H groups in total. The predicted molar refractivity (Wildman–Crippen MR) is 104 cm³/mol. The van der Waals surface area contributed by atoms with Gasteiger partial charge in [-0.2, -0.15) is 0 Å². The van der Waals surface area contributed by atoms with E-state index in [2.05, 4.69) is 0 Å². The number of phenolic OH excluding ortho intramolecular Hbond substituents is 1. The number of aromatic nitrogens is 1. The standard InChI is InChI=1S/C22H20F3NO4/c1-10-18(19(21(29)30)22(2,3)4)12-8-17(27)15(25)9-16(12)26(10)20(28)11-5-6-13(23)14(24)7-11/h5-9,19,27H,1-4H3,(H,29,30). The van der Waals surface area contributed by atoms with Gasteiger partial charge in [-0.25, -0.2) is 13.2 Å². The van der Waals surface area contributed by atoms with Crippen LogP contribution in [0.25, 0.3) is 10.9 Å². The topological polar surface area (TPSA) is 79.5 Å². The van der Waals surface area contributed by atoms with E-state index in [1.54, 1.807) is 20.8 Å². The molecule has 0 aliphatic rings. The molecule has 0 saturated heterocycles. The van der Waals surface area contributed by atoms with Crippen LogP contribution in [0.3, 0.4) is 0 Å². The van der Waals surface area contributed by atoms with Crippen LogP contribution in [0, 0.1) is 29.8 Å². The number of rotatable bonds is 3. The zero-order chi connectivity index (χ0) is 22.5. The Morgan fingerprint density at radius 3 is 2.17 bits per heavy atom. The van der Waals surface area contributed by atoms with E-state index in [0.29, 0.717) is 0 Å². The molecule has 2 aromatic carbocycles. The maximum atomic E-state index is 14.1. The zero-order valence-corrected chi connectivity index (χ0v) is 16.8. The molecular formula is C22H20F3NO4. The highest BCUT2D eigenvalue weighted by molar-refractivity contribution is 6.05. The Labute approximate surface area is 170 Å². The number of halogens is 3. The first-order chi connectivity index (χ1) is 13.8. The van der Waals surface area contributed by atoms with Crippen LogP contribution in [0.1, 0.15) is 48.3 Å². The summed E-state index contributed by atoms with van der Waals surface area (Å²) in [5.74, 6) is -7.09. The Kier molecular flexibility index (Phi) is 5.14. The highest BCUT2D eigenvalue weighted by atomic mass is 19.2. The molecule has 3 aromatic rings. The van der Waals surface area contributed by atoms with Crippen molar-refractivity contribution in [2.24, 2.45) is 5.41 Å². The average Bonchev–Trinajstić information content (AvgIpc) is 2.87. The minimum Gasteiger partial charge on any atom is -0.505 e. The number of fused-ring (bicyclic) bond motifs is 1. The number of carbonyl (C=O) groups is 2. The van der Waals surface area contributed by atoms with Crippen molar-refractivity contribution in [2.75, 3.05) is 0 Å². The average molecular weight is 419 g/mol. The van der Waals surface area contributed by atoms with Crippen molar-refractivity contribution < 1.29 is 33.0 Å². The first-order valence-electron chi connectivity index (χ1n) is 9.10. The Morgan fingerprint density at radius 1 is 1.00 bits per heavy atom. The molecule has 1 heterocycles.